The van der Waals surface area contributed by atoms with Crippen molar-refractivity contribution in [3.63, 3.8) is 0 Å². The Hall–Kier alpha value is -0.540. The van der Waals surface area contributed by atoms with Gasteiger partial charge in [0.15, 0.2) is 6.29 Å². The van der Waals surface area contributed by atoms with E-state index in [1.165, 1.54) is 6.42 Å². The predicted octanol–water partition coefficient (Wildman–Crippen LogP) is 2.88. The van der Waals surface area contributed by atoms with E-state index in [1.54, 1.807) is 0 Å². The molecule has 0 bridgehead atoms. The second-order valence-electron chi connectivity index (χ2n) is 8.87. The van der Waals surface area contributed by atoms with Crippen LogP contribution in [0.1, 0.15) is 67.2 Å². The van der Waals surface area contributed by atoms with E-state index in [2.05, 4.69) is 45.6 Å². The van der Waals surface area contributed by atoms with Gasteiger partial charge in [-0.05, 0) is 43.1 Å². The van der Waals surface area contributed by atoms with Crippen LogP contribution >= 0.6 is 0 Å². The molecule has 7 heteroatoms. The van der Waals surface area contributed by atoms with Crippen molar-refractivity contribution >= 4 is 0 Å². The zero-order valence-corrected chi connectivity index (χ0v) is 18.2. The molecule has 1 heterocycles. The molecular formula is C21H40O7. The first-order valence-electron chi connectivity index (χ1n) is 10.4. The smallest absolute Gasteiger partial charge is 0.187 e. The van der Waals surface area contributed by atoms with Gasteiger partial charge in [0.1, 0.15) is 24.4 Å². The molecule has 0 aromatic carbocycles. The van der Waals surface area contributed by atoms with E-state index in [9.17, 15) is 15.3 Å². The van der Waals surface area contributed by atoms with Gasteiger partial charge in [0.2, 0.25) is 0 Å². The van der Waals surface area contributed by atoms with Crippen molar-refractivity contribution in [2.45, 2.75) is 104 Å². The number of rotatable bonds is 11. The Morgan fingerprint density at radius 3 is 2.29 bits per heavy atom. The van der Waals surface area contributed by atoms with E-state index in [4.69, 9.17) is 14.7 Å². The van der Waals surface area contributed by atoms with Gasteiger partial charge in [-0.2, -0.15) is 0 Å². The maximum atomic E-state index is 10.3. The lowest BCUT2D eigenvalue weighted by Crippen LogP contribution is -2.60. The van der Waals surface area contributed by atoms with Gasteiger partial charge in [0.05, 0.1) is 12.7 Å². The summed E-state index contributed by atoms with van der Waals surface area (Å²) in [6.07, 6.45) is 0.00251. The summed E-state index contributed by atoms with van der Waals surface area (Å²) in [6, 6.07) is 0. The molecule has 0 aromatic heterocycles. The number of allylic oxidation sites excluding steroid dienone is 1. The summed E-state index contributed by atoms with van der Waals surface area (Å²) in [5.41, 5.74) is 1.39. The highest BCUT2D eigenvalue weighted by Crippen LogP contribution is 2.31. The third-order valence-electron chi connectivity index (χ3n) is 5.54. The summed E-state index contributed by atoms with van der Waals surface area (Å²) in [5, 5.41) is 38.7. The normalized spacial score (nSPS) is 30.7. The molecular weight excluding hydrogens is 364 g/mol. The van der Waals surface area contributed by atoms with Crippen LogP contribution in [0.2, 0.25) is 0 Å². The molecule has 6 atom stereocenters. The number of aliphatic hydroxyl groups is 3. The minimum atomic E-state index is -1.44. The molecule has 166 valence electrons. The Labute approximate surface area is 169 Å². The van der Waals surface area contributed by atoms with Crippen LogP contribution in [0, 0.1) is 11.3 Å². The van der Waals surface area contributed by atoms with Gasteiger partial charge >= 0.3 is 0 Å². The molecule has 1 aliphatic rings. The molecule has 0 aliphatic carbocycles. The van der Waals surface area contributed by atoms with Crippen molar-refractivity contribution < 1.29 is 34.9 Å². The summed E-state index contributed by atoms with van der Waals surface area (Å²) in [7, 11) is 0. The Balaban J connectivity index is 2.80. The minimum absolute atomic E-state index is 0.247. The molecule has 0 saturated carbocycles. The fourth-order valence-electron chi connectivity index (χ4n) is 3.88. The van der Waals surface area contributed by atoms with Crippen LogP contribution < -0.4 is 0 Å². The van der Waals surface area contributed by atoms with Gasteiger partial charge < -0.3 is 24.8 Å². The summed E-state index contributed by atoms with van der Waals surface area (Å²) in [4.78, 5) is 4.16. The number of hydrogen-bond donors (Lipinski definition) is 4. The highest BCUT2D eigenvalue weighted by Gasteiger charge is 2.46. The average molecular weight is 405 g/mol. The first-order chi connectivity index (χ1) is 13.1. The lowest BCUT2D eigenvalue weighted by atomic mass is 9.82. The maximum absolute atomic E-state index is 10.3. The Kier molecular flexibility index (Phi) is 10.6. The zero-order valence-electron chi connectivity index (χ0n) is 18.2. The first kappa shape index (κ1) is 25.5. The molecule has 6 unspecified atom stereocenters. The van der Waals surface area contributed by atoms with E-state index >= 15 is 0 Å². The lowest BCUT2D eigenvalue weighted by molar-refractivity contribution is -0.378. The predicted molar refractivity (Wildman–Crippen MR) is 107 cm³/mol. The molecule has 1 rings (SSSR count). The van der Waals surface area contributed by atoms with E-state index < -0.39 is 37.3 Å². The minimum Gasteiger partial charge on any atom is -0.394 e. The van der Waals surface area contributed by atoms with E-state index in [-0.39, 0.29) is 17.4 Å². The highest BCUT2D eigenvalue weighted by molar-refractivity contribution is 5.10. The molecule has 0 aromatic rings. The fraction of sp³-hybridized carbons (Fsp3) is 0.905. The second kappa shape index (κ2) is 11.6. The van der Waals surface area contributed by atoms with E-state index in [0.717, 1.165) is 24.8 Å². The van der Waals surface area contributed by atoms with Crippen molar-refractivity contribution in [2.75, 3.05) is 6.61 Å². The van der Waals surface area contributed by atoms with Gasteiger partial charge in [-0.15, -0.1) is 0 Å². The summed E-state index contributed by atoms with van der Waals surface area (Å²) < 4.78 is 11.4. The molecule has 7 nitrogen and oxygen atoms in total. The molecule has 0 amide bonds. The van der Waals surface area contributed by atoms with Crippen molar-refractivity contribution in [3.05, 3.63) is 11.6 Å². The molecule has 1 saturated heterocycles. The molecule has 0 radical (unpaired) electrons. The van der Waals surface area contributed by atoms with Crippen LogP contribution in [0.4, 0.5) is 0 Å². The van der Waals surface area contributed by atoms with Crippen LogP contribution in [-0.4, -0.2) is 64.0 Å². The first-order valence-corrected chi connectivity index (χ1v) is 10.4. The van der Waals surface area contributed by atoms with Gasteiger partial charge in [-0.3, -0.25) is 5.26 Å². The Bertz CT molecular complexity index is 475. The molecule has 1 fully saturated rings. The molecule has 28 heavy (non-hydrogen) atoms. The number of hydrogen-bond acceptors (Lipinski definition) is 7. The third-order valence-corrected chi connectivity index (χ3v) is 5.54. The molecule has 0 spiro atoms. The third kappa shape index (κ3) is 7.06. The quantitative estimate of drug-likeness (QED) is 0.238. The van der Waals surface area contributed by atoms with Crippen molar-refractivity contribution in [1.82, 2.24) is 0 Å². The number of aliphatic hydroxyl groups excluding tert-OH is 3. The molecule has 4 N–H and O–H groups in total. The highest BCUT2D eigenvalue weighted by atomic mass is 17.1. The van der Waals surface area contributed by atoms with Gasteiger partial charge in [-0.25, -0.2) is 4.89 Å². The van der Waals surface area contributed by atoms with Crippen LogP contribution in [0.15, 0.2) is 11.6 Å². The SMILES string of the molecule is CCCC(C)(C)CC/C=C(/C(C)C)C(C)OC1OC(CO)C(OO)C(O)C1O. The standard InChI is InChI=1S/C21H40O7/c1-7-10-21(5,6)11-8-9-15(13(2)3)14(4)26-20-18(24)17(23)19(28-25)16(12-22)27-20/h9,13-14,16-20,22-25H,7-8,10-12H2,1-6H3/b15-9-. The second-order valence-corrected chi connectivity index (χ2v) is 8.87. The Morgan fingerprint density at radius 1 is 1.14 bits per heavy atom. The van der Waals surface area contributed by atoms with Crippen LogP contribution in [0.3, 0.4) is 0 Å². The van der Waals surface area contributed by atoms with Gasteiger partial charge in [-0.1, -0.05) is 47.1 Å². The van der Waals surface area contributed by atoms with Crippen molar-refractivity contribution in [2.24, 2.45) is 11.3 Å². The summed E-state index contributed by atoms with van der Waals surface area (Å²) in [5.74, 6) is 0.247. The van der Waals surface area contributed by atoms with Crippen molar-refractivity contribution in [3.8, 4) is 0 Å². The van der Waals surface area contributed by atoms with Crippen molar-refractivity contribution in [1.29, 1.82) is 0 Å². The largest absolute Gasteiger partial charge is 0.394 e. The average Bonchev–Trinajstić information content (AvgIpc) is 2.61. The zero-order chi connectivity index (χ0) is 21.5. The monoisotopic (exact) mass is 404 g/mol. The van der Waals surface area contributed by atoms with Crippen LogP contribution in [0.25, 0.3) is 0 Å². The van der Waals surface area contributed by atoms with Gasteiger partial charge in [0, 0.05) is 0 Å². The summed E-state index contributed by atoms with van der Waals surface area (Å²) >= 11 is 0. The Morgan fingerprint density at radius 2 is 1.79 bits per heavy atom. The molecule has 1 aliphatic heterocycles. The summed E-state index contributed by atoms with van der Waals surface area (Å²) in [6.45, 7) is 12.3. The lowest BCUT2D eigenvalue weighted by Gasteiger charge is -2.41. The van der Waals surface area contributed by atoms with E-state index in [1.807, 2.05) is 6.92 Å². The van der Waals surface area contributed by atoms with Crippen LogP contribution in [-0.2, 0) is 14.4 Å². The van der Waals surface area contributed by atoms with Gasteiger partial charge in [0.25, 0.3) is 0 Å². The topological polar surface area (TPSA) is 109 Å². The van der Waals surface area contributed by atoms with E-state index in [0.29, 0.717) is 0 Å². The number of ether oxygens (including phenoxy) is 2. The maximum Gasteiger partial charge on any atom is 0.187 e. The van der Waals surface area contributed by atoms with Crippen LogP contribution in [0.5, 0.6) is 0 Å². The fourth-order valence-corrected chi connectivity index (χ4v) is 3.88.